The van der Waals surface area contributed by atoms with Crippen molar-refractivity contribution in [1.82, 2.24) is 24.9 Å². The maximum Gasteiger partial charge on any atom is 0.321 e. The molecule has 1 saturated heterocycles. The van der Waals surface area contributed by atoms with Crippen LogP contribution in [0.15, 0.2) is 53.3 Å². The van der Waals surface area contributed by atoms with Gasteiger partial charge in [-0.1, -0.05) is 5.16 Å². The lowest BCUT2D eigenvalue weighted by Crippen LogP contribution is -2.51. The van der Waals surface area contributed by atoms with Gasteiger partial charge in [0.25, 0.3) is 0 Å². The minimum absolute atomic E-state index is 0.0257. The van der Waals surface area contributed by atoms with Gasteiger partial charge in [-0.05, 0) is 36.4 Å². The lowest BCUT2D eigenvalue weighted by molar-refractivity contribution is -0.132. The molecule has 1 fully saturated rings. The Labute approximate surface area is 177 Å². The summed E-state index contributed by atoms with van der Waals surface area (Å²) in [5.74, 6) is 0.476. The standard InChI is InChI=1S/C21H21FN6O3/c22-16-1-3-17(4-2-16)24-21(30)28-13-11-27(12-14-28)19(29)6-5-18-25-20(26-31-18)15-7-9-23-10-8-15/h1-4,7-10H,5-6,11-14H2,(H,24,30). The maximum absolute atomic E-state index is 13.0. The van der Waals surface area contributed by atoms with Gasteiger partial charge in [0.1, 0.15) is 5.82 Å². The van der Waals surface area contributed by atoms with Gasteiger partial charge in [0.15, 0.2) is 0 Å². The lowest BCUT2D eigenvalue weighted by Gasteiger charge is -2.34. The smallest absolute Gasteiger partial charge is 0.321 e. The highest BCUT2D eigenvalue weighted by molar-refractivity contribution is 5.89. The van der Waals surface area contributed by atoms with Crippen molar-refractivity contribution in [2.75, 3.05) is 31.5 Å². The van der Waals surface area contributed by atoms with Gasteiger partial charge in [-0.2, -0.15) is 4.98 Å². The van der Waals surface area contributed by atoms with Gasteiger partial charge in [0, 0.05) is 62.7 Å². The van der Waals surface area contributed by atoms with Gasteiger partial charge in [-0.15, -0.1) is 0 Å². The number of hydrogen-bond acceptors (Lipinski definition) is 6. The molecule has 1 aliphatic rings. The lowest BCUT2D eigenvalue weighted by atomic mass is 10.2. The van der Waals surface area contributed by atoms with Crippen molar-refractivity contribution in [2.24, 2.45) is 0 Å². The Bertz CT molecular complexity index is 1030. The average molecular weight is 424 g/mol. The molecule has 3 aromatic rings. The van der Waals surface area contributed by atoms with Crippen molar-refractivity contribution < 1.29 is 18.5 Å². The number of hydrogen-bond donors (Lipinski definition) is 1. The number of pyridine rings is 1. The normalized spacial score (nSPS) is 13.8. The molecule has 1 aromatic carbocycles. The van der Waals surface area contributed by atoms with Crippen molar-refractivity contribution in [1.29, 1.82) is 0 Å². The number of anilines is 1. The number of aromatic nitrogens is 3. The van der Waals surface area contributed by atoms with E-state index >= 15 is 0 Å². The number of benzene rings is 1. The maximum atomic E-state index is 13.0. The first-order valence-corrected chi connectivity index (χ1v) is 9.91. The minimum atomic E-state index is -0.362. The number of nitrogens with one attached hydrogen (secondary N) is 1. The van der Waals surface area contributed by atoms with Gasteiger partial charge in [0.2, 0.25) is 17.6 Å². The van der Waals surface area contributed by atoms with E-state index < -0.39 is 0 Å². The topological polar surface area (TPSA) is 104 Å². The highest BCUT2D eigenvalue weighted by Crippen LogP contribution is 2.15. The number of rotatable bonds is 5. The summed E-state index contributed by atoms with van der Waals surface area (Å²) in [6.45, 7) is 1.74. The van der Waals surface area contributed by atoms with Crippen molar-refractivity contribution in [3.05, 3.63) is 60.5 Å². The number of carbonyl (C=O) groups is 2. The highest BCUT2D eigenvalue weighted by atomic mass is 19.1. The molecule has 0 bridgehead atoms. The predicted molar refractivity (Wildman–Crippen MR) is 109 cm³/mol. The van der Waals surface area contributed by atoms with Crippen LogP contribution in [-0.2, 0) is 11.2 Å². The number of amides is 3. The van der Waals surface area contributed by atoms with Crippen molar-refractivity contribution in [2.45, 2.75) is 12.8 Å². The van der Waals surface area contributed by atoms with Crippen LogP contribution in [-0.4, -0.2) is 63.0 Å². The van der Waals surface area contributed by atoms with E-state index in [1.165, 1.54) is 24.3 Å². The molecular weight excluding hydrogens is 403 g/mol. The predicted octanol–water partition coefficient (Wildman–Crippen LogP) is 2.58. The third-order valence-corrected chi connectivity index (χ3v) is 4.97. The summed E-state index contributed by atoms with van der Waals surface area (Å²) < 4.78 is 18.2. The minimum Gasteiger partial charge on any atom is -0.339 e. The van der Waals surface area contributed by atoms with Gasteiger partial charge < -0.3 is 19.6 Å². The second kappa shape index (κ2) is 9.33. The fourth-order valence-corrected chi connectivity index (χ4v) is 3.24. The molecule has 10 heteroatoms. The number of urea groups is 1. The molecule has 0 saturated carbocycles. The van der Waals surface area contributed by atoms with E-state index in [4.69, 9.17) is 4.52 Å². The second-order valence-corrected chi connectivity index (χ2v) is 7.05. The van der Waals surface area contributed by atoms with Crippen molar-refractivity contribution in [3.8, 4) is 11.4 Å². The molecule has 0 atom stereocenters. The SMILES string of the molecule is O=C(CCc1nc(-c2ccncc2)no1)N1CCN(C(=O)Nc2ccc(F)cc2)CC1. The van der Waals surface area contributed by atoms with E-state index in [0.29, 0.717) is 50.0 Å². The first-order chi connectivity index (χ1) is 15.1. The van der Waals surface area contributed by atoms with E-state index in [0.717, 1.165) is 5.56 Å². The fraction of sp³-hybridized carbons (Fsp3) is 0.286. The number of nitrogens with zero attached hydrogens (tertiary/aromatic N) is 5. The number of piperazine rings is 1. The first-order valence-electron chi connectivity index (χ1n) is 9.91. The van der Waals surface area contributed by atoms with E-state index in [1.54, 1.807) is 34.3 Å². The van der Waals surface area contributed by atoms with Crippen molar-refractivity contribution in [3.63, 3.8) is 0 Å². The molecule has 0 aliphatic carbocycles. The molecule has 1 aliphatic heterocycles. The van der Waals surface area contributed by atoms with E-state index in [2.05, 4.69) is 20.4 Å². The molecule has 160 valence electrons. The Morgan fingerprint density at radius 2 is 1.68 bits per heavy atom. The highest BCUT2D eigenvalue weighted by Gasteiger charge is 2.24. The number of aryl methyl sites for hydroxylation is 1. The summed E-state index contributed by atoms with van der Waals surface area (Å²) in [7, 11) is 0. The molecule has 2 aromatic heterocycles. The molecule has 31 heavy (non-hydrogen) atoms. The zero-order valence-corrected chi connectivity index (χ0v) is 16.7. The Morgan fingerprint density at radius 1 is 1.00 bits per heavy atom. The monoisotopic (exact) mass is 424 g/mol. The Balaban J connectivity index is 1.23. The molecule has 0 spiro atoms. The summed E-state index contributed by atoms with van der Waals surface area (Å²) in [5.41, 5.74) is 1.32. The largest absolute Gasteiger partial charge is 0.339 e. The van der Waals surface area contributed by atoms with E-state index in [9.17, 15) is 14.0 Å². The number of halogens is 1. The second-order valence-electron chi connectivity index (χ2n) is 7.05. The molecule has 3 heterocycles. The van der Waals surface area contributed by atoms with Gasteiger partial charge in [0.05, 0.1) is 0 Å². The summed E-state index contributed by atoms with van der Waals surface area (Å²) in [4.78, 5) is 36.5. The van der Waals surface area contributed by atoms with Crippen LogP contribution in [0.1, 0.15) is 12.3 Å². The molecule has 4 rings (SSSR count). The molecule has 0 unspecified atom stereocenters. The Hall–Kier alpha value is -3.82. The summed E-state index contributed by atoms with van der Waals surface area (Å²) in [6.07, 6.45) is 3.89. The summed E-state index contributed by atoms with van der Waals surface area (Å²) >= 11 is 0. The zero-order chi connectivity index (χ0) is 21.6. The quantitative estimate of drug-likeness (QED) is 0.675. The molecule has 3 amide bonds. The van der Waals surface area contributed by atoms with Gasteiger partial charge >= 0.3 is 6.03 Å². The summed E-state index contributed by atoms with van der Waals surface area (Å²) in [6, 6.07) is 8.88. The van der Waals surface area contributed by atoms with Crippen LogP contribution in [0.2, 0.25) is 0 Å². The third-order valence-electron chi connectivity index (χ3n) is 4.97. The Morgan fingerprint density at radius 3 is 2.39 bits per heavy atom. The van der Waals surface area contributed by atoms with Crippen LogP contribution in [0.25, 0.3) is 11.4 Å². The molecule has 0 radical (unpaired) electrons. The number of carbonyl (C=O) groups excluding carboxylic acids is 2. The van der Waals surface area contributed by atoms with E-state index in [-0.39, 0.29) is 24.2 Å². The average Bonchev–Trinajstić information content (AvgIpc) is 3.29. The third kappa shape index (κ3) is 5.21. The zero-order valence-electron chi connectivity index (χ0n) is 16.7. The van der Waals surface area contributed by atoms with Gasteiger partial charge in [-0.25, -0.2) is 9.18 Å². The fourth-order valence-electron chi connectivity index (χ4n) is 3.24. The van der Waals surface area contributed by atoms with Crippen molar-refractivity contribution >= 4 is 17.6 Å². The van der Waals surface area contributed by atoms with Crippen LogP contribution in [0.4, 0.5) is 14.9 Å². The molecule has 9 nitrogen and oxygen atoms in total. The van der Waals surface area contributed by atoms with Crippen LogP contribution >= 0.6 is 0 Å². The first kappa shape index (κ1) is 20.5. The van der Waals surface area contributed by atoms with Crippen LogP contribution in [0.3, 0.4) is 0 Å². The Kier molecular flexibility index (Phi) is 6.16. The molecule has 1 N–H and O–H groups in total. The van der Waals surface area contributed by atoms with Crippen LogP contribution in [0, 0.1) is 5.82 Å². The van der Waals surface area contributed by atoms with Gasteiger partial charge in [-0.3, -0.25) is 9.78 Å². The van der Waals surface area contributed by atoms with E-state index in [1.807, 2.05) is 0 Å². The molecular formula is C21H21FN6O3. The summed E-state index contributed by atoms with van der Waals surface area (Å²) in [5, 5.41) is 6.67. The van der Waals surface area contributed by atoms with Crippen LogP contribution in [0.5, 0.6) is 0 Å². The van der Waals surface area contributed by atoms with Crippen LogP contribution < -0.4 is 5.32 Å².